The maximum Gasteiger partial charge on any atom is 0.282 e. The predicted octanol–water partition coefficient (Wildman–Crippen LogP) is 4.80. The van der Waals surface area contributed by atoms with E-state index in [0.717, 1.165) is 37.8 Å². The second kappa shape index (κ2) is 7.68. The van der Waals surface area contributed by atoms with Gasteiger partial charge in [0.25, 0.3) is 10.0 Å². The first-order valence-electron chi connectivity index (χ1n) is 7.69. The first kappa shape index (κ1) is 19.0. The van der Waals surface area contributed by atoms with E-state index in [1.807, 2.05) is 25.0 Å². The van der Waals surface area contributed by atoms with Gasteiger partial charge in [-0.25, -0.2) is 4.39 Å². The van der Waals surface area contributed by atoms with Crippen molar-refractivity contribution in [3.05, 3.63) is 30.1 Å². The molecule has 1 aliphatic rings. The van der Waals surface area contributed by atoms with Gasteiger partial charge >= 0.3 is 0 Å². The van der Waals surface area contributed by atoms with Crippen LogP contribution >= 0.6 is 17.8 Å². The Morgan fingerprint density at radius 1 is 1.17 bits per heavy atom. The molecular weight excluding hydrogens is 354 g/mol. The monoisotopic (exact) mass is 378 g/mol. The molecule has 1 unspecified atom stereocenters. The van der Waals surface area contributed by atoms with Crippen LogP contribution in [0.15, 0.2) is 33.3 Å². The van der Waals surface area contributed by atoms with Crippen LogP contribution < -0.4 is 0 Å². The topological polar surface area (TPSA) is 49.7 Å². The highest BCUT2D eigenvalue weighted by molar-refractivity contribution is 8.58. The predicted molar refractivity (Wildman–Crippen MR) is 97.0 cm³/mol. The van der Waals surface area contributed by atoms with E-state index in [2.05, 4.69) is 4.15 Å². The zero-order chi connectivity index (χ0) is 17.1. The molecule has 8 heteroatoms. The van der Waals surface area contributed by atoms with Crippen LogP contribution in [-0.2, 0) is 10.0 Å². The molecule has 0 aliphatic heterocycles. The van der Waals surface area contributed by atoms with Crippen LogP contribution in [0.2, 0.25) is 0 Å². The van der Waals surface area contributed by atoms with Gasteiger partial charge in [0.15, 0.2) is 0 Å². The van der Waals surface area contributed by atoms with Crippen molar-refractivity contribution in [2.75, 3.05) is 20.4 Å². The van der Waals surface area contributed by atoms with Crippen molar-refractivity contribution in [3.8, 4) is 0 Å². The average Bonchev–Trinajstić information content (AvgIpc) is 2.53. The number of hydrogen-bond donors (Lipinski definition) is 0. The summed E-state index contributed by atoms with van der Waals surface area (Å²) in [7, 11) is 0.0425. The van der Waals surface area contributed by atoms with Crippen molar-refractivity contribution in [1.82, 2.24) is 4.67 Å². The molecule has 0 bridgehead atoms. The third kappa shape index (κ3) is 4.19. The SMILES string of the molecule is CSP(=NS(=O)(=O)c1ccc(F)cc1)(C1CCCCC1)N(C)C. The molecule has 2 rings (SSSR count). The summed E-state index contributed by atoms with van der Waals surface area (Å²) in [6.07, 6.45) is 5.24. The van der Waals surface area contributed by atoms with E-state index in [1.165, 1.54) is 18.6 Å². The molecule has 0 amide bonds. The number of benzene rings is 1. The Balaban J connectivity index is 2.53. The molecule has 0 saturated heterocycles. The number of nitrogens with zero attached hydrogens (tertiary/aromatic N) is 2. The van der Waals surface area contributed by atoms with E-state index in [1.54, 1.807) is 11.4 Å². The number of hydrogen-bond acceptors (Lipinski definition) is 3. The van der Waals surface area contributed by atoms with Crippen molar-refractivity contribution >= 4 is 27.8 Å². The molecule has 0 spiro atoms. The molecule has 1 fully saturated rings. The van der Waals surface area contributed by atoms with Gasteiger partial charge in [0.2, 0.25) is 0 Å². The third-order valence-electron chi connectivity index (χ3n) is 4.23. The van der Waals surface area contributed by atoms with Crippen LogP contribution in [-0.4, -0.2) is 39.1 Å². The Labute approximate surface area is 142 Å². The molecule has 0 N–H and O–H groups in total. The van der Waals surface area contributed by atoms with Crippen molar-refractivity contribution in [2.45, 2.75) is 42.7 Å². The van der Waals surface area contributed by atoms with Gasteiger partial charge < -0.3 is 0 Å². The first-order chi connectivity index (χ1) is 10.8. The van der Waals surface area contributed by atoms with E-state index in [4.69, 9.17) is 0 Å². The Bertz CT molecular complexity index is 684. The number of rotatable bonds is 5. The van der Waals surface area contributed by atoms with Gasteiger partial charge in [-0.3, -0.25) is 4.67 Å². The van der Waals surface area contributed by atoms with Crippen molar-refractivity contribution in [2.24, 2.45) is 4.15 Å². The molecule has 1 aromatic rings. The quantitative estimate of drug-likeness (QED) is 0.691. The number of halogens is 1. The van der Waals surface area contributed by atoms with Gasteiger partial charge in [-0.15, -0.1) is 11.4 Å². The molecule has 1 aliphatic carbocycles. The molecule has 0 heterocycles. The molecule has 4 nitrogen and oxygen atoms in total. The second-order valence-electron chi connectivity index (χ2n) is 5.92. The Hall–Kier alpha value is -0.360. The minimum atomic E-state index is -3.80. The number of sulfonamides is 1. The highest BCUT2D eigenvalue weighted by Crippen LogP contribution is 2.69. The lowest BCUT2D eigenvalue weighted by molar-refractivity contribution is 0.498. The average molecular weight is 378 g/mol. The maximum absolute atomic E-state index is 13.1. The van der Waals surface area contributed by atoms with Crippen LogP contribution in [0.1, 0.15) is 32.1 Å². The highest BCUT2D eigenvalue weighted by atomic mass is 32.7. The lowest BCUT2D eigenvalue weighted by Gasteiger charge is -2.38. The molecular formula is C15H24FN2O2PS2. The summed E-state index contributed by atoms with van der Waals surface area (Å²) in [5.74, 6) is -0.449. The minimum Gasteiger partial charge on any atom is -0.267 e. The van der Waals surface area contributed by atoms with Gasteiger partial charge in [0.1, 0.15) is 12.2 Å². The van der Waals surface area contributed by atoms with E-state index >= 15 is 0 Å². The third-order valence-corrected chi connectivity index (χ3v) is 14.1. The van der Waals surface area contributed by atoms with Crippen LogP contribution in [0.3, 0.4) is 0 Å². The lowest BCUT2D eigenvalue weighted by Crippen LogP contribution is -2.21. The van der Waals surface area contributed by atoms with Gasteiger partial charge in [-0.2, -0.15) is 12.6 Å². The Morgan fingerprint density at radius 2 is 1.74 bits per heavy atom. The fourth-order valence-electron chi connectivity index (χ4n) is 3.04. The molecule has 23 heavy (non-hydrogen) atoms. The lowest BCUT2D eigenvalue weighted by atomic mass is 10.0. The van der Waals surface area contributed by atoms with Crippen LogP contribution in [0.4, 0.5) is 4.39 Å². The Kier molecular flexibility index (Phi) is 6.34. The van der Waals surface area contributed by atoms with Gasteiger partial charge in [-0.1, -0.05) is 19.3 Å². The summed E-state index contributed by atoms with van der Waals surface area (Å²) in [6, 6.07) is 4.91. The van der Waals surface area contributed by atoms with E-state index in [0.29, 0.717) is 5.66 Å². The Morgan fingerprint density at radius 3 is 2.22 bits per heavy atom. The van der Waals surface area contributed by atoms with E-state index in [-0.39, 0.29) is 4.90 Å². The van der Waals surface area contributed by atoms with Crippen molar-refractivity contribution in [1.29, 1.82) is 0 Å². The molecule has 1 saturated carbocycles. The summed E-state index contributed by atoms with van der Waals surface area (Å²) < 4.78 is 45.0. The summed E-state index contributed by atoms with van der Waals surface area (Å²) in [4.78, 5) is 0.0648. The van der Waals surface area contributed by atoms with Gasteiger partial charge in [0, 0.05) is 5.66 Å². The minimum absolute atomic E-state index is 0.0648. The summed E-state index contributed by atoms with van der Waals surface area (Å²) >= 11 is 1.57. The maximum atomic E-state index is 13.1. The normalized spacial score (nSPS) is 19.5. The van der Waals surface area contributed by atoms with Crippen LogP contribution in [0.25, 0.3) is 0 Å². The van der Waals surface area contributed by atoms with E-state index in [9.17, 15) is 12.8 Å². The first-order valence-corrected chi connectivity index (χ1v) is 12.7. The van der Waals surface area contributed by atoms with Crippen LogP contribution in [0.5, 0.6) is 0 Å². The summed E-state index contributed by atoms with van der Waals surface area (Å²) in [6.45, 7) is 0. The molecule has 0 radical (unpaired) electrons. The van der Waals surface area contributed by atoms with E-state index < -0.39 is 22.2 Å². The zero-order valence-corrected chi connectivity index (χ0v) is 16.3. The molecule has 130 valence electrons. The summed E-state index contributed by atoms with van der Waals surface area (Å²) in [5, 5.41) is 0. The highest BCUT2D eigenvalue weighted by Gasteiger charge is 2.35. The smallest absolute Gasteiger partial charge is 0.267 e. The van der Waals surface area contributed by atoms with Crippen molar-refractivity contribution in [3.63, 3.8) is 0 Å². The second-order valence-corrected chi connectivity index (χ2v) is 13.8. The van der Waals surface area contributed by atoms with Gasteiger partial charge in [-0.05, 0) is 57.5 Å². The molecule has 0 aromatic heterocycles. The molecule has 1 atom stereocenters. The zero-order valence-electron chi connectivity index (χ0n) is 13.8. The van der Waals surface area contributed by atoms with Crippen molar-refractivity contribution < 1.29 is 12.8 Å². The van der Waals surface area contributed by atoms with Crippen LogP contribution in [0, 0.1) is 5.82 Å². The van der Waals surface area contributed by atoms with Gasteiger partial charge in [0.05, 0.1) is 4.90 Å². The fourth-order valence-corrected chi connectivity index (χ4v) is 12.7. The standard InChI is InChI=1S/C15H24FN2O2PS2/c1-18(2)21(22-3,14-7-5-4-6-8-14)17-23(19,20)15-11-9-13(16)10-12-15/h9-12,14H,4-8H2,1-3H3. The summed E-state index contributed by atoms with van der Waals surface area (Å²) in [5.41, 5.74) is 0.302. The fraction of sp³-hybridized carbons (Fsp3) is 0.600. The molecule has 1 aromatic carbocycles. The largest absolute Gasteiger partial charge is 0.282 e.